The molecule has 0 radical (unpaired) electrons. The minimum Gasteiger partial charge on any atom is -0.478 e. The molecular formula is C14H14N2O4. The highest BCUT2D eigenvalue weighted by Gasteiger charge is 2.52. The zero-order valence-electron chi connectivity index (χ0n) is 11.0. The molecule has 1 unspecified atom stereocenters. The maximum absolute atomic E-state index is 12.1. The molecule has 3 rings (SSSR count). The SMILES string of the molecule is CN1C(=O)NC(=O)C12CCc1cc(C(=O)O)ccc1C2. The standard InChI is InChI=1S/C14H14N2O4/c1-16-13(20)15-12(19)14(16)5-4-8-6-9(11(17)18)2-3-10(8)7-14/h2-3,6H,4-5,7H2,1H3,(H,17,18)(H,15,19,20). The average molecular weight is 274 g/mol. The molecule has 104 valence electrons. The molecule has 20 heavy (non-hydrogen) atoms. The number of aryl methyl sites for hydroxylation is 1. The van der Waals surface area contributed by atoms with Crippen LogP contribution in [0.5, 0.6) is 0 Å². The van der Waals surface area contributed by atoms with Crippen LogP contribution in [0.2, 0.25) is 0 Å². The highest BCUT2D eigenvalue weighted by molar-refractivity contribution is 6.07. The summed E-state index contributed by atoms with van der Waals surface area (Å²) in [7, 11) is 1.62. The summed E-state index contributed by atoms with van der Waals surface area (Å²) in [5, 5.41) is 11.3. The van der Waals surface area contributed by atoms with E-state index in [9.17, 15) is 14.4 Å². The van der Waals surface area contributed by atoms with E-state index in [1.54, 1.807) is 19.2 Å². The maximum atomic E-state index is 12.1. The molecule has 1 aromatic carbocycles. The number of hydrogen-bond acceptors (Lipinski definition) is 3. The van der Waals surface area contributed by atoms with Crippen molar-refractivity contribution >= 4 is 17.9 Å². The number of carboxylic acids is 1. The summed E-state index contributed by atoms with van der Waals surface area (Å²) in [6.45, 7) is 0. The Morgan fingerprint density at radius 3 is 2.70 bits per heavy atom. The molecule has 1 fully saturated rings. The van der Waals surface area contributed by atoms with Gasteiger partial charge in [-0.15, -0.1) is 0 Å². The van der Waals surface area contributed by atoms with E-state index in [1.807, 2.05) is 0 Å². The molecule has 2 N–H and O–H groups in total. The molecule has 1 spiro atoms. The van der Waals surface area contributed by atoms with E-state index in [-0.39, 0.29) is 17.5 Å². The van der Waals surface area contributed by atoms with E-state index < -0.39 is 11.5 Å². The summed E-state index contributed by atoms with van der Waals surface area (Å²) in [4.78, 5) is 36.1. The van der Waals surface area contributed by atoms with E-state index >= 15 is 0 Å². The Hall–Kier alpha value is -2.37. The quantitative estimate of drug-likeness (QED) is 0.741. The fourth-order valence-corrected chi connectivity index (χ4v) is 3.03. The number of carbonyl (C=O) groups excluding carboxylic acids is 2. The number of carboxylic acid groups (broad SMARTS) is 1. The molecule has 1 saturated heterocycles. The molecule has 6 heteroatoms. The van der Waals surface area contributed by atoms with Crippen molar-refractivity contribution in [3.63, 3.8) is 0 Å². The van der Waals surface area contributed by atoms with Gasteiger partial charge in [-0.05, 0) is 36.1 Å². The zero-order valence-corrected chi connectivity index (χ0v) is 11.0. The van der Waals surface area contributed by atoms with Crippen LogP contribution in [0.15, 0.2) is 18.2 Å². The van der Waals surface area contributed by atoms with Gasteiger partial charge in [-0.1, -0.05) is 6.07 Å². The smallest absolute Gasteiger partial charge is 0.335 e. The second kappa shape index (κ2) is 4.06. The largest absolute Gasteiger partial charge is 0.478 e. The third-order valence-corrected chi connectivity index (χ3v) is 4.33. The van der Waals surface area contributed by atoms with Crippen molar-refractivity contribution in [3.8, 4) is 0 Å². The second-order valence-electron chi connectivity index (χ2n) is 5.32. The van der Waals surface area contributed by atoms with Crippen LogP contribution < -0.4 is 5.32 Å². The first kappa shape index (κ1) is 12.7. The lowest BCUT2D eigenvalue weighted by molar-refractivity contribution is -0.126. The third-order valence-electron chi connectivity index (χ3n) is 4.33. The molecule has 2 aliphatic rings. The van der Waals surface area contributed by atoms with Gasteiger partial charge in [0.1, 0.15) is 5.54 Å². The molecule has 1 aliphatic carbocycles. The first-order chi connectivity index (χ1) is 9.44. The number of nitrogens with zero attached hydrogens (tertiary/aromatic N) is 1. The van der Waals surface area contributed by atoms with Crippen molar-refractivity contribution in [2.75, 3.05) is 7.05 Å². The van der Waals surface area contributed by atoms with Crippen LogP contribution in [-0.2, 0) is 17.6 Å². The topological polar surface area (TPSA) is 86.7 Å². The van der Waals surface area contributed by atoms with Gasteiger partial charge in [0.2, 0.25) is 0 Å². The highest BCUT2D eigenvalue weighted by atomic mass is 16.4. The summed E-state index contributed by atoms with van der Waals surface area (Å²) in [5.41, 5.74) is 1.29. The van der Waals surface area contributed by atoms with Gasteiger partial charge in [0.05, 0.1) is 5.56 Å². The Labute approximate surface area is 115 Å². The van der Waals surface area contributed by atoms with Crippen LogP contribution in [0, 0.1) is 0 Å². The molecule has 1 aliphatic heterocycles. The molecule has 1 atom stereocenters. The number of amides is 3. The maximum Gasteiger partial charge on any atom is 0.335 e. The number of nitrogens with one attached hydrogen (secondary N) is 1. The predicted molar refractivity (Wildman–Crippen MR) is 69.5 cm³/mol. The predicted octanol–water partition coefficient (Wildman–Crippen LogP) is 0.794. The molecule has 0 saturated carbocycles. The average Bonchev–Trinajstić information content (AvgIpc) is 2.62. The molecule has 3 amide bonds. The Morgan fingerprint density at radius 1 is 1.35 bits per heavy atom. The molecule has 1 aromatic rings. The van der Waals surface area contributed by atoms with Gasteiger partial charge >= 0.3 is 12.0 Å². The number of fused-ring (bicyclic) bond motifs is 1. The normalized spacial score (nSPS) is 24.8. The fourth-order valence-electron chi connectivity index (χ4n) is 3.03. The van der Waals surface area contributed by atoms with Gasteiger partial charge < -0.3 is 10.0 Å². The number of hydrogen-bond donors (Lipinski definition) is 2. The van der Waals surface area contributed by atoms with Crippen molar-refractivity contribution in [2.45, 2.75) is 24.8 Å². The molecule has 1 heterocycles. The molecule has 0 bridgehead atoms. The molecule has 6 nitrogen and oxygen atoms in total. The minimum absolute atomic E-state index is 0.250. The number of likely N-dealkylation sites (N-methyl/N-ethyl adjacent to an activating group) is 1. The van der Waals surface area contributed by atoms with Crippen LogP contribution in [0.1, 0.15) is 27.9 Å². The first-order valence-electron chi connectivity index (χ1n) is 6.38. The van der Waals surface area contributed by atoms with E-state index in [4.69, 9.17) is 5.11 Å². The molecular weight excluding hydrogens is 260 g/mol. The van der Waals surface area contributed by atoms with Gasteiger partial charge in [-0.25, -0.2) is 9.59 Å². The van der Waals surface area contributed by atoms with E-state index in [2.05, 4.69) is 5.32 Å². The number of benzene rings is 1. The van der Waals surface area contributed by atoms with Crippen LogP contribution in [0.4, 0.5) is 4.79 Å². The second-order valence-corrected chi connectivity index (χ2v) is 5.32. The Bertz CT molecular complexity index is 640. The van der Waals surface area contributed by atoms with Crippen LogP contribution in [-0.4, -0.2) is 40.5 Å². The summed E-state index contributed by atoms with van der Waals surface area (Å²) >= 11 is 0. The van der Waals surface area contributed by atoms with E-state index in [0.717, 1.165) is 11.1 Å². The van der Waals surface area contributed by atoms with Crippen molar-refractivity contribution < 1.29 is 19.5 Å². The van der Waals surface area contributed by atoms with Crippen molar-refractivity contribution in [1.82, 2.24) is 10.2 Å². The van der Waals surface area contributed by atoms with E-state index in [0.29, 0.717) is 19.3 Å². The van der Waals surface area contributed by atoms with Gasteiger partial charge in [0, 0.05) is 13.5 Å². The lowest BCUT2D eigenvalue weighted by Gasteiger charge is -2.37. The number of carbonyl (C=O) groups is 3. The fraction of sp³-hybridized carbons (Fsp3) is 0.357. The summed E-state index contributed by atoms with van der Waals surface area (Å²) in [5.74, 6) is -1.23. The Balaban J connectivity index is 1.99. The number of urea groups is 1. The van der Waals surface area contributed by atoms with Crippen molar-refractivity contribution in [2.24, 2.45) is 0 Å². The zero-order chi connectivity index (χ0) is 14.5. The minimum atomic E-state index is -0.959. The van der Waals surface area contributed by atoms with Gasteiger partial charge in [-0.2, -0.15) is 0 Å². The Kier molecular flexibility index (Phi) is 2.57. The lowest BCUT2D eigenvalue weighted by atomic mass is 9.77. The Morgan fingerprint density at radius 2 is 2.10 bits per heavy atom. The van der Waals surface area contributed by atoms with Crippen LogP contribution in [0.25, 0.3) is 0 Å². The number of aromatic carboxylic acids is 1. The highest BCUT2D eigenvalue weighted by Crippen LogP contribution is 2.36. The van der Waals surface area contributed by atoms with Gasteiger partial charge in [-0.3, -0.25) is 10.1 Å². The van der Waals surface area contributed by atoms with Gasteiger partial charge in [0.25, 0.3) is 5.91 Å². The number of rotatable bonds is 1. The summed E-state index contributed by atoms with van der Waals surface area (Å²) < 4.78 is 0. The van der Waals surface area contributed by atoms with Gasteiger partial charge in [0.15, 0.2) is 0 Å². The first-order valence-corrected chi connectivity index (χ1v) is 6.38. The third kappa shape index (κ3) is 1.61. The van der Waals surface area contributed by atoms with Crippen molar-refractivity contribution in [1.29, 1.82) is 0 Å². The molecule has 0 aromatic heterocycles. The number of imide groups is 1. The lowest BCUT2D eigenvalue weighted by Crippen LogP contribution is -2.51. The van der Waals surface area contributed by atoms with Crippen molar-refractivity contribution in [3.05, 3.63) is 34.9 Å². The van der Waals surface area contributed by atoms with Crippen LogP contribution in [0.3, 0.4) is 0 Å². The summed E-state index contributed by atoms with van der Waals surface area (Å²) in [6.07, 6.45) is 1.52. The van der Waals surface area contributed by atoms with E-state index in [1.165, 1.54) is 11.0 Å². The van der Waals surface area contributed by atoms with Crippen LogP contribution >= 0.6 is 0 Å². The monoisotopic (exact) mass is 274 g/mol. The summed E-state index contributed by atoms with van der Waals surface area (Å²) in [6, 6.07) is 4.55.